The van der Waals surface area contributed by atoms with E-state index in [2.05, 4.69) is 19.9 Å². The minimum absolute atomic E-state index is 0.0254. The number of pyridine rings is 1. The highest BCUT2D eigenvalue weighted by Gasteiger charge is 2.28. The summed E-state index contributed by atoms with van der Waals surface area (Å²) in [7, 11) is 1.45. The zero-order valence-electron chi connectivity index (χ0n) is 21.2. The number of aryl methyl sites for hydroxylation is 1. The molecule has 5 N–H and O–H groups in total. The number of hydrogen-bond acceptors (Lipinski definition) is 13. The summed E-state index contributed by atoms with van der Waals surface area (Å²) in [4.78, 5) is 49.0. The van der Waals surface area contributed by atoms with Crippen LogP contribution in [0.4, 0.5) is 0 Å². The molecule has 4 rings (SSSR count). The molecular weight excluding hydrogens is 546 g/mol. The zero-order chi connectivity index (χ0) is 29.9. The Morgan fingerprint density at radius 2 is 1.63 bits per heavy atom. The molecule has 41 heavy (non-hydrogen) atoms. The molecule has 0 aliphatic heterocycles. The van der Waals surface area contributed by atoms with E-state index < -0.39 is 36.1 Å². The monoisotopic (exact) mass is 568 g/mol. The third-order valence-corrected chi connectivity index (χ3v) is 4.93. The Morgan fingerprint density at radius 1 is 0.976 bits per heavy atom. The van der Waals surface area contributed by atoms with Crippen molar-refractivity contribution in [3.8, 4) is 5.75 Å². The maximum atomic E-state index is 11.6. The average molecular weight is 568 g/mol. The molecule has 2 amide bonds. The molecule has 1 aromatic carbocycles. The van der Waals surface area contributed by atoms with Crippen LogP contribution in [0.2, 0.25) is 0 Å². The highest BCUT2D eigenvalue weighted by Crippen LogP contribution is 2.17. The standard InChI is InChI=1S/C14H13N3O5.C10H8N4O5/c1-17-13(14(15)20)10(16-22-17)8-21-12(19)7-6-9-4-2-3-5-11(9)18;11-9(15)8-7(13-19-14(8)17)5-18-10(16)6-2-1-3-12-4-6/h2-7H,8H2,1H3,(H2-,15,18,19,20);1-4H,5H2,(H2,11,15)/p+1. The number of amides is 2. The first kappa shape index (κ1) is 29.4. The minimum atomic E-state index is -1.02. The van der Waals surface area contributed by atoms with Gasteiger partial charge in [-0.2, -0.15) is 0 Å². The molecule has 0 spiro atoms. The molecule has 0 radical (unpaired) electrons. The van der Waals surface area contributed by atoms with Crippen molar-refractivity contribution in [1.82, 2.24) is 15.3 Å². The first-order chi connectivity index (χ1) is 19.6. The maximum Gasteiger partial charge on any atom is 0.340 e. The van der Waals surface area contributed by atoms with Crippen LogP contribution in [0.15, 0.2) is 64.1 Å². The number of rotatable bonds is 9. The van der Waals surface area contributed by atoms with Crippen LogP contribution in [0.25, 0.3) is 6.08 Å². The van der Waals surface area contributed by atoms with Crippen LogP contribution < -0.4 is 21.1 Å². The predicted molar refractivity (Wildman–Crippen MR) is 130 cm³/mol. The van der Waals surface area contributed by atoms with Gasteiger partial charge in [0, 0.05) is 29.2 Å². The molecule has 0 unspecified atom stereocenters. The predicted octanol–water partition coefficient (Wildman–Crippen LogP) is -0.781. The van der Waals surface area contributed by atoms with E-state index >= 15 is 0 Å². The minimum Gasteiger partial charge on any atom is -0.507 e. The number of hydrogen-bond donors (Lipinski definition) is 3. The number of aromatic hydroxyl groups is 1. The van der Waals surface area contributed by atoms with E-state index in [1.54, 1.807) is 24.3 Å². The van der Waals surface area contributed by atoms with Gasteiger partial charge < -0.3 is 31.3 Å². The number of ether oxygens (including phenoxy) is 2. The number of nitrogens with zero attached hydrogens (tertiary/aromatic N) is 5. The van der Waals surface area contributed by atoms with Crippen molar-refractivity contribution in [2.24, 2.45) is 18.5 Å². The van der Waals surface area contributed by atoms with E-state index in [0.29, 0.717) is 5.56 Å². The first-order valence-corrected chi connectivity index (χ1v) is 11.3. The topological polar surface area (TPSA) is 255 Å². The number of esters is 2. The largest absolute Gasteiger partial charge is 0.507 e. The summed E-state index contributed by atoms with van der Waals surface area (Å²) in [6.45, 7) is -0.669. The molecule has 0 aliphatic carbocycles. The lowest BCUT2D eigenvalue weighted by Gasteiger charge is -2.00. The Balaban J connectivity index is 0.000000228. The molecule has 17 heteroatoms. The number of primary amides is 2. The van der Waals surface area contributed by atoms with Crippen LogP contribution in [0.3, 0.4) is 0 Å². The third-order valence-electron chi connectivity index (χ3n) is 4.93. The Hall–Kier alpha value is -6.13. The average Bonchev–Trinajstić information content (AvgIpc) is 3.52. The molecule has 0 saturated heterocycles. The summed E-state index contributed by atoms with van der Waals surface area (Å²) in [6.07, 6.45) is 5.38. The quantitative estimate of drug-likeness (QED) is 0.0970. The van der Waals surface area contributed by atoms with Crippen LogP contribution in [-0.2, 0) is 34.5 Å². The summed E-state index contributed by atoms with van der Waals surface area (Å²) in [5.74, 6) is -3.05. The van der Waals surface area contributed by atoms with Gasteiger partial charge in [0.2, 0.25) is 0 Å². The van der Waals surface area contributed by atoms with Crippen molar-refractivity contribution in [3.63, 3.8) is 0 Å². The first-order valence-electron chi connectivity index (χ1n) is 11.3. The van der Waals surface area contributed by atoms with Gasteiger partial charge in [-0.25, -0.2) is 9.59 Å². The number of phenols is 1. The van der Waals surface area contributed by atoms with E-state index in [1.165, 1.54) is 37.7 Å². The Bertz CT molecular complexity index is 1580. The van der Waals surface area contributed by atoms with Crippen LogP contribution in [0, 0.1) is 5.21 Å². The summed E-state index contributed by atoms with van der Waals surface area (Å²) in [6, 6.07) is 9.59. The number of aromatic nitrogens is 5. The lowest BCUT2D eigenvalue weighted by molar-refractivity contribution is -0.855. The summed E-state index contributed by atoms with van der Waals surface area (Å²) >= 11 is 0. The van der Waals surface area contributed by atoms with E-state index in [-0.39, 0.29) is 39.9 Å². The number of phenolic OH excluding ortho intramolecular Hbond substituents is 1. The van der Waals surface area contributed by atoms with Gasteiger partial charge in [-0.05, 0) is 29.2 Å². The van der Waals surface area contributed by atoms with Crippen molar-refractivity contribution < 1.29 is 52.7 Å². The smallest absolute Gasteiger partial charge is 0.340 e. The molecule has 0 fully saturated rings. The fourth-order valence-corrected chi connectivity index (χ4v) is 3.05. The number of carbonyl (C=O) groups is 4. The summed E-state index contributed by atoms with van der Waals surface area (Å²) in [5.41, 5.74) is 10.3. The SMILES string of the molecule is C[n+]1onc(COC(=O)/C=C/c2ccccc2O)c1C(N)=O.NC(=O)c1c(COC(=O)c2cccnc2)no[n+]1[O-]. The van der Waals surface area contributed by atoms with Crippen molar-refractivity contribution >= 4 is 29.8 Å². The molecule has 3 aromatic heterocycles. The second-order valence-corrected chi connectivity index (χ2v) is 7.74. The van der Waals surface area contributed by atoms with Crippen LogP contribution in [0.5, 0.6) is 5.75 Å². The van der Waals surface area contributed by atoms with Crippen LogP contribution in [-0.4, -0.2) is 44.2 Å². The Morgan fingerprint density at radius 3 is 2.29 bits per heavy atom. The summed E-state index contributed by atoms with van der Waals surface area (Å²) < 4.78 is 19.8. The van der Waals surface area contributed by atoms with Gasteiger partial charge in [0.1, 0.15) is 12.8 Å². The van der Waals surface area contributed by atoms with Crippen molar-refractivity contribution in [2.45, 2.75) is 13.2 Å². The molecule has 0 atom stereocenters. The fraction of sp³-hybridized carbons (Fsp3) is 0.125. The van der Waals surface area contributed by atoms with E-state index in [9.17, 15) is 29.5 Å². The molecule has 0 aliphatic rings. The number of para-hydroxylation sites is 1. The second kappa shape index (κ2) is 13.6. The highest BCUT2D eigenvalue weighted by atomic mass is 16.8. The van der Waals surface area contributed by atoms with Gasteiger partial charge in [0.05, 0.1) is 5.56 Å². The lowest BCUT2D eigenvalue weighted by atomic mass is 10.2. The van der Waals surface area contributed by atoms with Crippen LogP contribution >= 0.6 is 0 Å². The van der Waals surface area contributed by atoms with Gasteiger partial charge in [-0.1, -0.05) is 27.6 Å². The molecular formula is C24H22N7O10+. The highest BCUT2D eigenvalue weighted by molar-refractivity contribution is 5.91. The number of nitrogens with two attached hydrogens (primary N) is 2. The molecule has 0 bridgehead atoms. The van der Waals surface area contributed by atoms with Crippen LogP contribution in [0.1, 0.15) is 48.3 Å². The fourth-order valence-electron chi connectivity index (χ4n) is 3.05. The Kier molecular flexibility index (Phi) is 9.76. The number of carbonyl (C=O) groups excluding carboxylic acids is 4. The molecule has 17 nitrogen and oxygen atoms in total. The maximum absolute atomic E-state index is 11.6. The van der Waals surface area contributed by atoms with Crippen molar-refractivity contribution in [1.29, 1.82) is 0 Å². The van der Waals surface area contributed by atoms with Gasteiger partial charge in [-0.3, -0.25) is 19.2 Å². The molecule has 212 valence electrons. The molecule has 3 heterocycles. The van der Waals surface area contributed by atoms with E-state index in [0.717, 1.165) is 10.8 Å². The van der Waals surface area contributed by atoms with E-state index in [1.807, 2.05) is 0 Å². The van der Waals surface area contributed by atoms with Gasteiger partial charge in [0.15, 0.2) is 18.4 Å². The van der Waals surface area contributed by atoms with Gasteiger partial charge in [-0.15, -0.1) is 0 Å². The van der Waals surface area contributed by atoms with Gasteiger partial charge in [0.25, 0.3) is 34.6 Å². The zero-order valence-corrected chi connectivity index (χ0v) is 21.2. The lowest BCUT2D eigenvalue weighted by Crippen LogP contribution is -2.36. The van der Waals surface area contributed by atoms with Gasteiger partial charge >= 0.3 is 11.9 Å². The third kappa shape index (κ3) is 7.93. The summed E-state index contributed by atoms with van der Waals surface area (Å²) in [5, 5.41) is 27.5. The second-order valence-electron chi connectivity index (χ2n) is 7.74. The Labute approximate surface area is 229 Å². The molecule has 0 saturated carbocycles. The molecule has 4 aromatic rings. The number of benzene rings is 1. The normalized spacial score (nSPS) is 10.5. The van der Waals surface area contributed by atoms with Crippen molar-refractivity contribution in [2.75, 3.05) is 0 Å². The van der Waals surface area contributed by atoms with E-state index in [4.69, 9.17) is 25.6 Å². The van der Waals surface area contributed by atoms with Crippen molar-refractivity contribution in [3.05, 3.63) is 94.0 Å².